The van der Waals surface area contributed by atoms with Gasteiger partial charge in [0.05, 0.1) is 41.5 Å². The van der Waals surface area contributed by atoms with Crippen LogP contribution in [-0.2, 0) is 42.7 Å². The molecular weight excluding hydrogens is 791 g/mol. The van der Waals surface area contributed by atoms with Gasteiger partial charge in [-0.25, -0.2) is 0 Å². The number of nitrogens with one attached hydrogen (secondary N) is 1. The minimum Gasteiger partial charge on any atom is -0.459 e. The predicted molar refractivity (Wildman–Crippen MR) is 230 cm³/mol. The van der Waals surface area contributed by atoms with Crippen LogP contribution in [0.2, 0.25) is 0 Å². The number of esters is 1. The van der Waals surface area contributed by atoms with Crippen molar-refractivity contribution in [2.24, 2.45) is 23.7 Å². The number of carbonyl (C=O) groups excluding carboxylic acids is 2. The number of hydrogen-bond acceptors (Lipinski definition) is 15. The minimum absolute atomic E-state index is 0.0319. The van der Waals surface area contributed by atoms with Crippen LogP contribution in [-0.4, -0.2) is 180 Å². The van der Waals surface area contributed by atoms with Crippen LogP contribution in [0.25, 0.3) is 0 Å². The summed E-state index contributed by atoms with van der Waals surface area (Å²) < 4.78 is 45.2. The van der Waals surface area contributed by atoms with E-state index in [9.17, 15) is 30.0 Å². The molecule has 3 fully saturated rings. The summed E-state index contributed by atoms with van der Waals surface area (Å²) in [5, 5.41) is 50.3. The monoisotopic (exact) mass is 876 g/mol. The fourth-order valence-electron chi connectivity index (χ4n) is 9.61. The van der Waals surface area contributed by atoms with E-state index in [0.29, 0.717) is 32.5 Å². The highest BCUT2D eigenvalue weighted by atomic mass is 16.7. The van der Waals surface area contributed by atoms with Crippen molar-refractivity contribution in [3.05, 3.63) is 0 Å². The van der Waals surface area contributed by atoms with Crippen LogP contribution in [0.4, 0.5) is 0 Å². The van der Waals surface area contributed by atoms with E-state index >= 15 is 0 Å². The Morgan fingerprint density at radius 3 is 2.20 bits per heavy atom. The van der Waals surface area contributed by atoms with Gasteiger partial charge in [-0.2, -0.15) is 0 Å². The Kier molecular flexibility index (Phi) is 19.9. The van der Waals surface area contributed by atoms with Crippen molar-refractivity contribution in [1.82, 2.24) is 15.1 Å². The standard InChI is InChI=1S/C45H85N3O13/c1-17-33-45(12,54)37(49)30(8)48(15)24-26(4)22-43(10,53)39(28(6)35(29(7)41(52)59-33)60-34-23-44(11,55-16)38(50)31(9)58-34)61-42-36(32(47(13)14)21-27(5)57-42)56-20-18-19-46-40(51)25(2)3/h25-39,42,49-50,53-54H,17-24H2,1-16H3,(H,46,51)/t26-,27-,28+,29-,30-,31+,32+,33-,34+,35+,36-,37-,38+,39-,42+,43-,44-,45-/m1/s1. The van der Waals surface area contributed by atoms with Crippen LogP contribution >= 0.6 is 0 Å². The number of aliphatic hydroxyl groups excluding tert-OH is 2. The highest BCUT2D eigenvalue weighted by Gasteiger charge is 2.53. The molecule has 358 valence electrons. The molecule has 1 amide bonds. The Balaban J connectivity index is 2.17. The normalized spacial score (nSPS) is 44.0. The molecule has 0 aromatic carbocycles. The van der Waals surface area contributed by atoms with Crippen molar-refractivity contribution in [3.8, 4) is 0 Å². The molecule has 16 heteroatoms. The Hall–Kier alpha value is -1.54. The van der Waals surface area contributed by atoms with Crippen LogP contribution in [0, 0.1) is 23.7 Å². The Morgan fingerprint density at radius 2 is 1.62 bits per heavy atom. The van der Waals surface area contributed by atoms with Gasteiger partial charge in [-0.1, -0.05) is 34.6 Å². The van der Waals surface area contributed by atoms with Gasteiger partial charge in [-0.3, -0.25) is 9.59 Å². The summed E-state index contributed by atoms with van der Waals surface area (Å²) in [6, 6.07) is -0.677. The molecule has 5 N–H and O–H groups in total. The number of hydrogen-bond donors (Lipinski definition) is 5. The molecule has 3 saturated heterocycles. The number of nitrogens with zero attached hydrogens (tertiary/aromatic N) is 2. The van der Waals surface area contributed by atoms with Crippen molar-refractivity contribution in [1.29, 1.82) is 0 Å². The molecule has 0 spiro atoms. The SMILES string of the molecule is CC[C@H]1OC(=O)[C@H](C)[C@@H](O[C@H]2C[C@@](C)(OC)[C@@H](O)[C@H](C)O2)[C@H](C)[C@@H](O[C@@H]2O[C@H](C)C[C@H](N(C)C)[C@H]2OCCCNC(=O)C(C)C)[C@](C)(O)C[C@@H](C)CN(C)[C@H](C)[C@@H](O)[C@]1(C)O. The van der Waals surface area contributed by atoms with Crippen molar-refractivity contribution in [2.45, 2.75) is 205 Å². The highest BCUT2D eigenvalue weighted by Crippen LogP contribution is 2.40. The lowest BCUT2D eigenvalue weighted by Crippen LogP contribution is -2.61. The number of cyclic esters (lactones) is 1. The number of aliphatic hydroxyl groups is 4. The van der Waals surface area contributed by atoms with Crippen LogP contribution < -0.4 is 5.32 Å². The van der Waals surface area contributed by atoms with Crippen LogP contribution in [0.5, 0.6) is 0 Å². The maximum absolute atomic E-state index is 14.4. The molecule has 61 heavy (non-hydrogen) atoms. The largest absolute Gasteiger partial charge is 0.459 e. The summed E-state index contributed by atoms with van der Waals surface area (Å²) in [5.74, 6) is -2.77. The summed E-state index contributed by atoms with van der Waals surface area (Å²) in [5.41, 5.74) is -4.41. The van der Waals surface area contributed by atoms with Gasteiger partial charge < -0.3 is 68.7 Å². The lowest BCUT2D eigenvalue weighted by molar-refractivity contribution is -0.321. The zero-order chi connectivity index (χ0) is 46.4. The number of ether oxygens (including phenoxy) is 7. The van der Waals surface area contributed by atoms with E-state index in [0.717, 1.165) is 0 Å². The molecule has 3 aliphatic rings. The molecule has 0 aromatic heterocycles. The first-order chi connectivity index (χ1) is 28.2. The van der Waals surface area contributed by atoms with Crippen LogP contribution in [0.15, 0.2) is 0 Å². The van der Waals surface area contributed by atoms with Gasteiger partial charge in [-0.05, 0) is 101 Å². The second kappa shape index (κ2) is 22.6. The van der Waals surface area contributed by atoms with E-state index in [-0.39, 0.29) is 49.2 Å². The summed E-state index contributed by atoms with van der Waals surface area (Å²) in [6.45, 7) is 22.7. The Bertz CT molecular complexity index is 1370. The smallest absolute Gasteiger partial charge is 0.311 e. The second-order valence-corrected chi connectivity index (χ2v) is 19.8. The lowest BCUT2D eigenvalue weighted by atomic mass is 9.77. The lowest BCUT2D eigenvalue weighted by Gasteiger charge is -2.49. The number of amides is 1. The Morgan fingerprint density at radius 1 is 0.984 bits per heavy atom. The predicted octanol–water partition coefficient (Wildman–Crippen LogP) is 3.09. The van der Waals surface area contributed by atoms with Crippen molar-refractivity contribution >= 4 is 11.9 Å². The third-order valence-corrected chi connectivity index (χ3v) is 13.6. The van der Waals surface area contributed by atoms with E-state index in [2.05, 4.69) is 10.2 Å². The molecule has 0 bridgehead atoms. The number of carbonyl (C=O) groups is 2. The first-order valence-corrected chi connectivity index (χ1v) is 22.7. The van der Waals surface area contributed by atoms with E-state index in [1.807, 2.05) is 67.6 Å². The van der Waals surface area contributed by atoms with Gasteiger partial charge in [-0.15, -0.1) is 0 Å². The average molecular weight is 876 g/mol. The molecule has 0 saturated carbocycles. The third-order valence-electron chi connectivity index (χ3n) is 13.6. The second-order valence-electron chi connectivity index (χ2n) is 19.8. The average Bonchev–Trinajstić information content (AvgIpc) is 3.17. The quantitative estimate of drug-likeness (QED) is 0.134. The summed E-state index contributed by atoms with van der Waals surface area (Å²) >= 11 is 0. The topological polar surface area (TPSA) is 198 Å². The maximum Gasteiger partial charge on any atom is 0.311 e. The number of rotatable bonds is 13. The third kappa shape index (κ3) is 13.5. The molecule has 18 atom stereocenters. The van der Waals surface area contributed by atoms with E-state index in [4.69, 9.17) is 33.2 Å². The molecular formula is C45H85N3O13. The molecule has 3 aliphatic heterocycles. The first kappa shape index (κ1) is 53.8. The fourth-order valence-corrected chi connectivity index (χ4v) is 9.61. The molecule has 0 unspecified atom stereocenters. The van der Waals surface area contributed by atoms with Crippen molar-refractivity contribution in [3.63, 3.8) is 0 Å². The number of likely N-dealkylation sites (N-methyl/N-ethyl adjacent to an activating group) is 2. The van der Waals surface area contributed by atoms with E-state index < -0.39 is 96.0 Å². The van der Waals surface area contributed by atoms with Crippen molar-refractivity contribution < 1.29 is 63.2 Å². The Labute approximate surface area is 366 Å². The van der Waals surface area contributed by atoms with Crippen LogP contribution in [0.1, 0.15) is 115 Å². The van der Waals surface area contributed by atoms with Crippen LogP contribution in [0.3, 0.4) is 0 Å². The molecule has 0 aliphatic carbocycles. The van der Waals surface area contributed by atoms with Crippen molar-refractivity contribution in [2.75, 3.05) is 47.9 Å². The van der Waals surface area contributed by atoms with Gasteiger partial charge in [0.1, 0.15) is 30.0 Å². The minimum atomic E-state index is -1.81. The van der Waals surface area contributed by atoms with E-state index in [1.54, 1.807) is 34.6 Å². The molecule has 0 radical (unpaired) electrons. The number of methoxy groups -OCH3 is 1. The van der Waals surface area contributed by atoms with E-state index in [1.165, 1.54) is 14.0 Å². The van der Waals surface area contributed by atoms with Gasteiger partial charge >= 0.3 is 5.97 Å². The molecule has 3 heterocycles. The van der Waals surface area contributed by atoms with Gasteiger partial charge in [0.15, 0.2) is 12.6 Å². The van der Waals surface area contributed by atoms with Gasteiger partial charge in [0, 0.05) is 57.1 Å². The maximum atomic E-state index is 14.4. The summed E-state index contributed by atoms with van der Waals surface area (Å²) in [6.07, 6.45) is -7.01. The molecule has 0 aromatic rings. The molecule has 16 nitrogen and oxygen atoms in total. The zero-order valence-corrected chi connectivity index (χ0v) is 40.3. The summed E-state index contributed by atoms with van der Waals surface area (Å²) in [7, 11) is 7.33. The first-order valence-electron chi connectivity index (χ1n) is 22.7. The fraction of sp³-hybridized carbons (Fsp3) is 0.956. The van der Waals surface area contributed by atoms with Gasteiger partial charge in [0.25, 0.3) is 0 Å². The molecule has 3 rings (SSSR count). The summed E-state index contributed by atoms with van der Waals surface area (Å²) in [4.78, 5) is 30.7. The zero-order valence-electron chi connectivity index (χ0n) is 40.3. The highest BCUT2D eigenvalue weighted by molar-refractivity contribution is 5.77. The van der Waals surface area contributed by atoms with Gasteiger partial charge in [0.2, 0.25) is 5.91 Å².